The van der Waals surface area contributed by atoms with Crippen LogP contribution in [0, 0.1) is 13.8 Å². The predicted octanol–water partition coefficient (Wildman–Crippen LogP) is 3.71. The molecular formula is C21H22N4. The molecule has 4 nitrogen and oxygen atoms in total. The van der Waals surface area contributed by atoms with Gasteiger partial charge in [-0.3, -0.25) is 9.88 Å². The molecule has 4 heteroatoms. The number of hydrogen-bond donors (Lipinski definition) is 0. The average Bonchev–Trinajstić information content (AvgIpc) is 2.64. The Morgan fingerprint density at radius 1 is 1.08 bits per heavy atom. The number of nitrogens with zero attached hydrogens (tertiary/aromatic N) is 4. The monoisotopic (exact) mass is 330 g/mol. The van der Waals surface area contributed by atoms with Crippen LogP contribution in [0.1, 0.15) is 27.9 Å². The topological polar surface area (TPSA) is 41.9 Å². The minimum absolute atomic E-state index is 0.795. The van der Waals surface area contributed by atoms with Gasteiger partial charge in [-0.15, -0.1) is 0 Å². The van der Waals surface area contributed by atoms with Crippen molar-refractivity contribution in [2.75, 3.05) is 6.54 Å². The van der Waals surface area contributed by atoms with Crippen LogP contribution in [0.25, 0.3) is 11.4 Å². The number of aromatic nitrogens is 3. The Kier molecular flexibility index (Phi) is 4.28. The number of rotatable bonds is 3. The van der Waals surface area contributed by atoms with E-state index in [9.17, 15) is 0 Å². The molecule has 3 aromatic rings. The van der Waals surface area contributed by atoms with Crippen LogP contribution < -0.4 is 0 Å². The van der Waals surface area contributed by atoms with Crippen LogP contribution in [0.5, 0.6) is 0 Å². The highest BCUT2D eigenvalue weighted by Crippen LogP contribution is 2.22. The molecule has 0 unspecified atom stereocenters. The van der Waals surface area contributed by atoms with E-state index in [1.807, 2.05) is 18.3 Å². The fourth-order valence-electron chi connectivity index (χ4n) is 3.41. The maximum absolute atomic E-state index is 4.79. The fraction of sp³-hybridized carbons (Fsp3) is 0.286. The van der Waals surface area contributed by atoms with Gasteiger partial charge in [-0.25, -0.2) is 9.97 Å². The van der Waals surface area contributed by atoms with Crippen LogP contribution in [-0.2, 0) is 19.5 Å². The zero-order valence-corrected chi connectivity index (χ0v) is 14.7. The minimum atomic E-state index is 0.795. The molecule has 1 aromatic carbocycles. The van der Waals surface area contributed by atoms with Crippen molar-refractivity contribution in [3.63, 3.8) is 0 Å². The first-order valence-electron chi connectivity index (χ1n) is 8.73. The Balaban J connectivity index is 1.52. The van der Waals surface area contributed by atoms with Gasteiger partial charge in [-0.2, -0.15) is 0 Å². The molecule has 0 bridgehead atoms. The van der Waals surface area contributed by atoms with E-state index in [2.05, 4.69) is 46.9 Å². The molecule has 0 fully saturated rings. The number of benzene rings is 1. The summed E-state index contributed by atoms with van der Waals surface area (Å²) in [6, 6.07) is 10.6. The van der Waals surface area contributed by atoms with E-state index in [1.165, 1.54) is 27.9 Å². The van der Waals surface area contributed by atoms with Gasteiger partial charge in [-0.05, 0) is 37.1 Å². The molecule has 0 spiro atoms. The summed E-state index contributed by atoms with van der Waals surface area (Å²) in [4.78, 5) is 15.9. The van der Waals surface area contributed by atoms with Crippen molar-refractivity contribution in [2.45, 2.75) is 33.4 Å². The Hall–Kier alpha value is -2.59. The van der Waals surface area contributed by atoms with Crippen LogP contribution in [-0.4, -0.2) is 26.4 Å². The smallest absolute Gasteiger partial charge is 0.159 e. The Labute approximate surface area is 148 Å². The third kappa shape index (κ3) is 3.44. The van der Waals surface area contributed by atoms with Crippen molar-refractivity contribution in [3.8, 4) is 11.4 Å². The average molecular weight is 330 g/mol. The lowest BCUT2D eigenvalue weighted by atomic mass is 10.0. The van der Waals surface area contributed by atoms with E-state index in [0.717, 1.165) is 37.4 Å². The minimum Gasteiger partial charge on any atom is -0.294 e. The quantitative estimate of drug-likeness (QED) is 0.734. The van der Waals surface area contributed by atoms with E-state index >= 15 is 0 Å². The molecule has 0 atom stereocenters. The zero-order valence-electron chi connectivity index (χ0n) is 14.7. The van der Waals surface area contributed by atoms with Gasteiger partial charge in [0.25, 0.3) is 0 Å². The van der Waals surface area contributed by atoms with E-state index in [0.29, 0.717) is 0 Å². The summed E-state index contributed by atoms with van der Waals surface area (Å²) in [6.07, 6.45) is 6.53. The standard InChI is InChI=1S/C21H22N4/c1-15-3-4-18(16(2)11-15)13-25-10-7-20-19(14-25)12-23-21(24-20)17-5-8-22-9-6-17/h3-6,8-9,11-12H,7,10,13-14H2,1-2H3. The molecule has 0 N–H and O–H groups in total. The van der Waals surface area contributed by atoms with E-state index < -0.39 is 0 Å². The number of aryl methyl sites for hydroxylation is 2. The molecule has 0 radical (unpaired) electrons. The second-order valence-electron chi connectivity index (χ2n) is 6.79. The van der Waals surface area contributed by atoms with Gasteiger partial charge in [0.2, 0.25) is 0 Å². The van der Waals surface area contributed by atoms with Gasteiger partial charge in [0, 0.05) is 55.8 Å². The maximum atomic E-state index is 4.79. The van der Waals surface area contributed by atoms with E-state index in [-0.39, 0.29) is 0 Å². The van der Waals surface area contributed by atoms with Gasteiger partial charge in [0.05, 0.1) is 5.69 Å². The first kappa shape index (κ1) is 15.9. The molecule has 1 aliphatic rings. The van der Waals surface area contributed by atoms with Crippen molar-refractivity contribution >= 4 is 0 Å². The Bertz CT molecular complexity index is 890. The third-order valence-electron chi connectivity index (χ3n) is 4.84. The molecular weight excluding hydrogens is 308 g/mol. The van der Waals surface area contributed by atoms with Crippen LogP contribution in [0.3, 0.4) is 0 Å². The number of pyridine rings is 1. The van der Waals surface area contributed by atoms with Crippen molar-refractivity contribution in [3.05, 3.63) is 76.9 Å². The Morgan fingerprint density at radius 3 is 2.72 bits per heavy atom. The summed E-state index contributed by atoms with van der Waals surface area (Å²) in [5.41, 5.74) is 7.55. The van der Waals surface area contributed by atoms with Crippen LogP contribution in [0.4, 0.5) is 0 Å². The van der Waals surface area contributed by atoms with Gasteiger partial charge < -0.3 is 0 Å². The largest absolute Gasteiger partial charge is 0.294 e. The summed E-state index contributed by atoms with van der Waals surface area (Å²) < 4.78 is 0. The molecule has 25 heavy (non-hydrogen) atoms. The third-order valence-corrected chi connectivity index (χ3v) is 4.84. The summed E-state index contributed by atoms with van der Waals surface area (Å²) in [6.45, 7) is 7.28. The molecule has 2 aromatic heterocycles. The van der Waals surface area contributed by atoms with Crippen LogP contribution in [0.2, 0.25) is 0 Å². The molecule has 3 heterocycles. The summed E-state index contributed by atoms with van der Waals surface area (Å²) in [5, 5.41) is 0. The molecule has 4 rings (SSSR count). The van der Waals surface area contributed by atoms with Crippen LogP contribution in [0.15, 0.2) is 48.9 Å². The second-order valence-corrected chi connectivity index (χ2v) is 6.79. The molecule has 0 saturated carbocycles. The SMILES string of the molecule is Cc1ccc(CN2CCc3nc(-c4ccncc4)ncc3C2)c(C)c1. The lowest BCUT2D eigenvalue weighted by molar-refractivity contribution is 0.242. The van der Waals surface area contributed by atoms with Crippen LogP contribution >= 0.6 is 0 Å². The Morgan fingerprint density at radius 2 is 1.92 bits per heavy atom. The number of hydrogen-bond acceptors (Lipinski definition) is 4. The number of fused-ring (bicyclic) bond motifs is 1. The lowest BCUT2D eigenvalue weighted by Gasteiger charge is -2.28. The highest BCUT2D eigenvalue weighted by atomic mass is 15.1. The first-order chi connectivity index (χ1) is 12.2. The van der Waals surface area contributed by atoms with Crippen molar-refractivity contribution in [1.82, 2.24) is 19.9 Å². The fourth-order valence-corrected chi connectivity index (χ4v) is 3.41. The molecule has 126 valence electrons. The predicted molar refractivity (Wildman–Crippen MR) is 99.0 cm³/mol. The first-order valence-corrected chi connectivity index (χ1v) is 8.73. The van der Waals surface area contributed by atoms with Gasteiger partial charge in [-0.1, -0.05) is 23.8 Å². The van der Waals surface area contributed by atoms with Crippen molar-refractivity contribution in [1.29, 1.82) is 0 Å². The molecule has 1 aliphatic heterocycles. The normalized spacial score (nSPS) is 14.3. The molecule has 0 amide bonds. The van der Waals surface area contributed by atoms with Gasteiger partial charge in [0.1, 0.15) is 0 Å². The van der Waals surface area contributed by atoms with Crippen molar-refractivity contribution < 1.29 is 0 Å². The molecule has 0 saturated heterocycles. The summed E-state index contributed by atoms with van der Waals surface area (Å²) in [5.74, 6) is 0.795. The molecule has 0 aliphatic carbocycles. The summed E-state index contributed by atoms with van der Waals surface area (Å²) >= 11 is 0. The van der Waals surface area contributed by atoms with Gasteiger partial charge in [0.15, 0.2) is 5.82 Å². The van der Waals surface area contributed by atoms with Gasteiger partial charge >= 0.3 is 0 Å². The van der Waals surface area contributed by atoms with E-state index in [4.69, 9.17) is 4.98 Å². The van der Waals surface area contributed by atoms with Crippen molar-refractivity contribution in [2.24, 2.45) is 0 Å². The maximum Gasteiger partial charge on any atom is 0.159 e. The highest BCUT2D eigenvalue weighted by molar-refractivity contribution is 5.54. The highest BCUT2D eigenvalue weighted by Gasteiger charge is 2.19. The zero-order chi connectivity index (χ0) is 17.2. The second kappa shape index (κ2) is 6.73. The summed E-state index contributed by atoms with van der Waals surface area (Å²) in [7, 11) is 0. The lowest BCUT2D eigenvalue weighted by Crippen LogP contribution is -2.31. The van der Waals surface area contributed by atoms with E-state index in [1.54, 1.807) is 12.4 Å².